The number of carbonyl (C=O) groups excluding carboxylic acids is 1. The van der Waals surface area contributed by atoms with Crippen molar-refractivity contribution < 1.29 is 17.9 Å². The van der Waals surface area contributed by atoms with Crippen molar-refractivity contribution in [2.24, 2.45) is 4.40 Å². The van der Waals surface area contributed by atoms with Crippen LogP contribution in [-0.4, -0.2) is 31.4 Å². The van der Waals surface area contributed by atoms with E-state index >= 15 is 0 Å². The van der Waals surface area contributed by atoms with Crippen LogP contribution in [0.15, 0.2) is 70.8 Å². The second-order valence-electron chi connectivity index (χ2n) is 5.97. The van der Waals surface area contributed by atoms with Gasteiger partial charge < -0.3 is 10.1 Å². The van der Waals surface area contributed by atoms with Crippen LogP contribution in [0.1, 0.15) is 12.5 Å². The lowest BCUT2D eigenvalue weighted by Crippen LogP contribution is -2.30. The number of nitrogens with zero attached hydrogens (tertiary/aromatic N) is 2. The van der Waals surface area contributed by atoms with Gasteiger partial charge in [0.2, 0.25) is 0 Å². The van der Waals surface area contributed by atoms with Crippen molar-refractivity contribution in [3.8, 4) is 5.75 Å². The number of benzene rings is 2. The number of amides is 1. The average molecular weight is 385 g/mol. The third-order valence-corrected chi connectivity index (χ3v) is 5.26. The number of rotatable bonds is 5. The molecule has 1 N–H and O–H groups in total. The van der Waals surface area contributed by atoms with Gasteiger partial charge in [0.05, 0.1) is 11.3 Å². The monoisotopic (exact) mass is 385 g/mol. The highest BCUT2D eigenvalue weighted by molar-refractivity contribution is 7.88. The predicted octanol–water partition coefficient (Wildman–Crippen LogP) is 2.74. The Bertz CT molecular complexity index is 997. The molecule has 0 atom stereocenters. The number of nitrogens with one attached hydrogen (secondary N) is 1. The van der Waals surface area contributed by atoms with Gasteiger partial charge in [-0.3, -0.25) is 9.10 Å². The van der Waals surface area contributed by atoms with Gasteiger partial charge in [0, 0.05) is 18.9 Å². The number of anilines is 1. The molecule has 0 saturated carbocycles. The van der Waals surface area contributed by atoms with Crippen molar-refractivity contribution >= 4 is 27.5 Å². The fourth-order valence-electron chi connectivity index (χ4n) is 2.43. The molecule has 1 aliphatic heterocycles. The van der Waals surface area contributed by atoms with E-state index in [9.17, 15) is 13.2 Å². The molecule has 2 aromatic rings. The molecule has 0 bridgehead atoms. The standard InChI is InChI=1S/C19H19N3O4S/c1-14-18(12-22(2)27(24,25)21-14)19(23)20-16-8-10-17(11-9-16)26-13-15-6-4-3-5-7-15/h3-12H,13H2,1-2H3,(H,20,23). The quantitative estimate of drug-likeness (QED) is 0.857. The van der Waals surface area contributed by atoms with Gasteiger partial charge in [0.15, 0.2) is 0 Å². The first-order valence-electron chi connectivity index (χ1n) is 8.20. The second-order valence-corrected chi connectivity index (χ2v) is 7.62. The maximum absolute atomic E-state index is 12.4. The Labute approximate surface area is 158 Å². The lowest BCUT2D eigenvalue weighted by Gasteiger charge is -2.19. The molecule has 1 aliphatic rings. The topological polar surface area (TPSA) is 88.1 Å². The molecule has 0 fully saturated rings. The molecule has 0 aromatic heterocycles. The lowest BCUT2D eigenvalue weighted by atomic mass is 10.1. The van der Waals surface area contributed by atoms with E-state index in [1.54, 1.807) is 24.3 Å². The molecule has 7 nitrogen and oxygen atoms in total. The third-order valence-electron chi connectivity index (χ3n) is 3.92. The summed E-state index contributed by atoms with van der Waals surface area (Å²) in [6.07, 6.45) is 1.25. The van der Waals surface area contributed by atoms with E-state index in [1.807, 2.05) is 30.3 Å². The first-order valence-corrected chi connectivity index (χ1v) is 9.60. The summed E-state index contributed by atoms with van der Waals surface area (Å²) in [6, 6.07) is 16.7. The highest BCUT2D eigenvalue weighted by atomic mass is 32.2. The van der Waals surface area contributed by atoms with Crippen LogP contribution in [0, 0.1) is 0 Å². The highest BCUT2D eigenvalue weighted by Crippen LogP contribution is 2.19. The summed E-state index contributed by atoms with van der Waals surface area (Å²) in [4.78, 5) is 12.4. The van der Waals surface area contributed by atoms with Gasteiger partial charge in [0.25, 0.3) is 5.91 Å². The van der Waals surface area contributed by atoms with Crippen molar-refractivity contribution in [2.75, 3.05) is 12.4 Å². The molecule has 27 heavy (non-hydrogen) atoms. The molecule has 3 rings (SSSR count). The van der Waals surface area contributed by atoms with E-state index in [4.69, 9.17) is 4.74 Å². The normalized spacial score (nSPS) is 15.6. The Balaban J connectivity index is 1.63. The Kier molecular flexibility index (Phi) is 5.27. The maximum Gasteiger partial charge on any atom is 0.344 e. The van der Waals surface area contributed by atoms with Gasteiger partial charge in [-0.25, -0.2) is 0 Å². The van der Waals surface area contributed by atoms with Crippen LogP contribution in [-0.2, 0) is 21.6 Å². The van der Waals surface area contributed by atoms with Gasteiger partial charge in [-0.05, 0) is 36.8 Å². The summed E-state index contributed by atoms with van der Waals surface area (Å²) >= 11 is 0. The SMILES string of the molecule is CC1=NS(=O)(=O)N(C)C=C1C(=O)Nc1ccc(OCc2ccccc2)cc1. The van der Waals surface area contributed by atoms with Gasteiger partial charge in [0.1, 0.15) is 12.4 Å². The van der Waals surface area contributed by atoms with Crippen LogP contribution in [0.2, 0.25) is 0 Å². The minimum Gasteiger partial charge on any atom is -0.489 e. The highest BCUT2D eigenvalue weighted by Gasteiger charge is 2.25. The van der Waals surface area contributed by atoms with Crippen molar-refractivity contribution in [3.05, 3.63) is 71.9 Å². The molecular weight excluding hydrogens is 366 g/mol. The molecule has 8 heteroatoms. The van der Waals surface area contributed by atoms with Crippen molar-refractivity contribution in [1.29, 1.82) is 0 Å². The fraction of sp³-hybridized carbons (Fsp3) is 0.158. The predicted molar refractivity (Wildman–Crippen MR) is 104 cm³/mol. The molecule has 140 valence electrons. The van der Waals surface area contributed by atoms with Crippen LogP contribution in [0.5, 0.6) is 5.75 Å². The van der Waals surface area contributed by atoms with Gasteiger partial charge in [-0.15, -0.1) is 4.40 Å². The molecule has 0 unspecified atom stereocenters. The van der Waals surface area contributed by atoms with Crippen molar-refractivity contribution in [1.82, 2.24) is 4.31 Å². The number of hydrogen-bond donors (Lipinski definition) is 1. The summed E-state index contributed by atoms with van der Waals surface area (Å²) in [6.45, 7) is 1.94. The third kappa shape index (κ3) is 4.53. The Morgan fingerprint density at radius 2 is 1.78 bits per heavy atom. The first-order chi connectivity index (χ1) is 12.8. The average Bonchev–Trinajstić information content (AvgIpc) is 2.64. The number of carbonyl (C=O) groups is 1. The zero-order valence-corrected chi connectivity index (χ0v) is 15.7. The summed E-state index contributed by atoms with van der Waals surface area (Å²) in [5.41, 5.74) is 1.97. The summed E-state index contributed by atoms with van der Waals surface area (Å²) < 4.78 is 33.5. The van der Waals surface area contributed by atoms with E-state index in [0.717, 1.165) is 9.87 Å². The van der Waals surface area contributed by atoms with Crippen LogP contribution in [0.4, 0.5) is 5.69 Å². The summed E-state index contributed by atoms with van der Waals surface area (Å²) in [5.74, 6) is 0.244. The molecule has 2 aromatic carbocycles. The summed E-state index contributed by atoms with van der Waals surface area (Å²) in [5, 5.41) is 2.73. The van der Waals surface area contributed by atoms with Gasteiger partial charge in [-0.1, -0.05) is 30.3 Å². The zero-order valence-electron chi connectivity index (χ0n) is 14.9. The van der Waals surface area contributed by atoms with E-state index in [2.05, 4.69) is 9.71 Å². The molecule has 0 radical (unpaired) electrons. The van der Waals surface area contributed by atoms with Crippen molar-refractivity contribution in [3.63, 3.8) is 0 Å². The van der Waals surface area contributed by atoms with Crippen LogP contribution >= 0.6 is 0 Å². The number of ether oxygens (including phenoxy) is 1. The largest absolute Gasteiger partial charge is 0.489 e. The summed E-state index contributed by atoms with van der Waals surface area (Å²) in [7, 11) is -2.41. The molecule has 0 spiro atoms. The smallest absolute Gasteiger partial charge is 0.344 e. The van der Waals surface area contributed by atoms with Gasteiger partial charge in [-0.2, -0.15) is 8.42 Å². The zero-order chi connectivity index (χ0) is 19.4. The molecule has 0 aliphatic carbocycles. The maximum atomic E-state index is 12.4. The lowest BCUT2D eigenvalue weighted by molar-refractivity contribution is -0.112. The Morgan fingerprint density at radius 3 is 2.44 bits per heavy atom. The Hall–Kier alpha value is -3.13. The molecule has 1 amide bonds. The minimum absolute atomic E-state index is 0.147. The van der Waals surface area contributed by atoms with Crippen molar-refractivity contribution in [2.45, 2.75) is 13.5 Å². The van der Waals surface area contributed by atoms with Crippen LogP contribution < -0.4 is 10.1 Å². The number of hydrogen-bond acceptors (Lipinski definition) is 4. The fourth-order valence-corrected chi connectivity index (χ4v) is 3.24. The first kappa shape index (κ1) is 18.7. The Morgan fingerprint density at radius 1 is 1.11 bits per heavy atom. The molecular formula is C19H19N3O4S. The van der Waals surface area contributed by atoms with Crippen LogP contribution in [0.3, 0.4) is 0 Å². The van der Waals surface area contributed by atoms with E-state index in [0.29, 0.717) is 18.0 Å². The van der Waals surface area contributed by atoms with E-state index in [1.165, 1.54) is 20.2 Å². The molecule has 0 saturated heterocycles. The van der Waals surface area contributed by atoms with E-state index < -0.39 is 16.1 Å². The van der Waals surface area contributed by atoms with Gasteiger partial charge >= 0.3 is 10.2 Å². The minimum atomic E-state index is -3.74. The van der Waals surface area contributed by atoms with Crippen LogP contribution in [0.25, 0.3) is 0 Å². The second kappa shape index (κ2) is 7.63. The van der Waals surface area contributed by atoms with E-state index in [-0.39, 0.29) is 11.3 Å². The molecule has 1 heterocycles.